The molecule has 1 aliphatic carbocycles. The van der Waals surface area contributed by atoms with Crippen LogP contribution in [0, 0.1) is 17.3 Å². The summed E-state index contributed by atoms with van der Waals surface area (Å²) >= 11 is 0. The van der Waals surface area contributed by atoms with Gasteiger partial charge in [0.15, 0.2) is 0 Å². The molecule has 1 spiro atoms. The third kappa shape index (κ3) is 4.04. The fourth-order valence-corrected chi connectivity index (χ4v) is 4.93. The zero-order chi connectivity index (χ0) is 18.8. The van der Waals surface area contributed by atoms with Crippen molar-refractivity contribution in [3.8, 4) is 11.8 Å². The zero-order valence-electron chi connectivity index (χ0n) is 16.3. The molecule has 2 aliphatic rings. The van der Waals surface area contributed by atoms with E-state index >= 15 is 0 Å². The first-order valence-electron chi connectivity index (χ1n) is 9.35. The Hall–Kier alpha value is -1.19. The van der Waals surface area contributed by atoms with Gasteiger partial charge in [-0.15, -0.1) is 0 Å². The van der Waals surface area contributed by atoms with Crippen LogP contribution in [-0.4, -0.2) is 35.8 Å². The first kappa shape index (κ1) is 19.6. The van der Waals surface area contributed by atoms with Gasteiger partial charge in [0, 0.05) is 12.7 Å². The highest BCUT2D eigenvalue weighted by Crippen LogP contribution is 2.51. The molecule has 0 unspecified atom stereocenters. The normalized spacial score (nSPS) is 22.5. The molecule has 3 rings (SSSR count). The highest BCUT2D eigenvalue weighted by molar-refractivity contribution is 7.84. The molecule has 1 aromatic rings. The molecule has 0 aromatic heterocycles. The minimum Gasteiger partial charge on any atom is -0.372 e. The van der Waals surface area contributed by atoms with Crippen LogP contribution in [-0.2, 0) is 22.1 Å². The quantitative estimate of drug-likeness (QED) is 0.800. The van der Waals surface area contributed by atoms with Crippen molar-refractivity contribution in [3.05, 3.63) is 34.9 Å². The van der Waals surface area contributed by atoms with Gasteiger partial charge in [-0.25, -0.2) is 8.93 Å². The number of piperidine rings is 1. The monoisotopic (exact) mass is 374 g/mol. The SMILES string of the molecule is COCC#Cc1ccc2c(c1)[C@@H](N[S@](=O)C(C)(C)C)C1(CCNCC1)C2. The van der Waals surface area contributed by atoms with Gasteiger partial charge in [0.1, 0.15) is 6.61 Å². The van der Waals surface area contributed by atoms with Gasteiger partial charge in [0.05, 0.1) is 21.8 Å². The maximum Gasteiger partial charge on any atom is 0.107 e. The molecule has 0 bridgehead atoms. The molecule has 2 atom stereocenters. The van der Waals surface area contributed by atoms with Crippen LogP contribution in [0.15, 0.2) is 18.2 Å². The molecular formula is C21H30N2O2S. The van der Waals surface area contributed by atoms with Gasteiger partial charge >= 0.3 is 0 Å². The summed E-state index contributed by atoms with van der Waals surface area (Å²) in [5.41, 5.74) is 3.79. The van der Waals surface area contributed by atoms with E-state index < -0.39 is 11.0 Å². The third-order valence-electron chi connectivity index (χ3n) is 5.44. The topological polar surface area (TPSA) is 50.4 Å². The van der Waals surface area contributed by atoms with E-state index in [-0.39, 0.29) is 16.2 Å². The molecule has 0 radical (unpaired) electrons. The summed E-state index contributed by atoms with van der Waals surface area (Å²) in [4.78, 5) is 0. The lowest BCUT2D eigenvalue weighted by Crippen LogP contribution is -2.46. The minimum atomic E-state index is -1.10. The van der Waals surface area contributed by atoms with E-state index in [1.165, 1.54) is 11.1 Å². The van der Waals surface area contributed by atoms with E-state index in [1.54, 1.807) is 7.11 Å². The van der Waals surface area contributed by atoms with Crippen molar-refractivity contribution in [1.29, 1.82) is 0 Å². The van der Waals surface area contributed by atoms with E-state index in [2.05, 4.69) is 40.1 Å². The van der Waals surface area contributed by atoms with Crippen molar-refractivity contribution < 1.29 is 8.95 Å². The Morgan fingerprint density at radius 3 is 2.73 bits per heavy atom. The van der Waals surface area contributed by atoms with Crippen LogP contribution in [0.2, 0.25) is 0 Å². The lowest BCUT2D eigenvalue weighted by atomic mass is 9.73. The van der Waals surface area contributed by atoms with Crippen molar-refractivity contribution in [1.82, 2.24) is 10.0 Å². The Balaban J connectivity index is 1.95. The van der Waals surface area contributed by atoms with Crippen LogP contribution in [0.5, 0.6) is 0 Å². The van der Waals surface area contributed by atoms with Gasteiger partial charge in [-0.3, -0.25) is 0 Å². The second-order valence-corrected chi connectivity index (χ2v) is 10.4. The van der Waals surface area contributed by atoms with Gasteiger partial charge in [0.25, 0.3) is 0 Å². The van der Waals surface area contributed by atoms with Crippen molar-refractivity contribution in [2.45, 2.75) is 50.8 Å². The zero-order valence-corrected chi connectivity index (χ0v) is 17.1. The maximum absolute atomic E-state index is 12.9. The highest BCUT2D eigenvalue weighted by Gasteiger charge is 2.47. The average molecular weight is 375 g/mol. The Bertz CT molecular complexity index is 737. The van der Waals surface area contributed by atoms with Crippen LogP contribution >= 0.6 is 0 Å². The number of methoxy groups -OCH3 is 1. The van der Waals surface area contributed by atoms with Gasteiger partial charge in [-0.2, -0.15) is 0 Å². The third-order valence-corrected chi connectivity index (χ3v) is 7.00. The molecule has 4 nitrogen and oxygen atoms in total. The number of nitrogens with one attached hydrogen (secondary N) is 2. The number of rotatable bonds is 3. The fourth-order valence-electron chi connectivity index (χ4n) is 3.99. The molecule has 5 heteroatoms. The van der Waals surface area contributed by atoms with E-state index in [9.17, 15) is 4.21 Å². The number of fused-ring (bicyclic) bond motifs is 1. The predicted molar refractivity (Wildman–Crippen MR) is 107 cm³/mol. The largest absolute Gasteiger partial charge is 0.372 e. The molecule has 1 aliphatic heterocycles. The molecule has 1 aromatic carbocycles. The number of benzene rings is 1. The van der Waals surface area contributed by atoms with Crippen molar-refractivity contribution in [3.63, 3.8) is 0 Å². The maximum atomic E-state index is 12.9. The molecule has 1 fully saturated rings. The van der Waals surface area contributed by atoms with Gasteiger partial charge < -0.3 is 10.1 Å². The molecular weight excluding hydrogens is 344 g/mol. The predicted octanol–water partition coefficient (Wildman–Crippen LogP) is 2.70. The van der Waals surface area contributed by atoms with E-state index in [4.69, 9.17) is 4.74 Å². The first-order valence-corrected chi connectivity index (χ1v) is 10.5. The Morgan fingerprint density at radius 1 is 1.35 bits per heavy atom. The fraction of sp³-hybridized carbons (Fsp3) is 0.619. The molecule has 1 saturated heterocycles. The molecule has 0 saturated carbocycles. The highest BCUT2D eigenvalue weighted by atomic mass is 32.2. The summed E-state index contributed by atoms with van der Waals surface area (Å²) in [6, 6.07) is 6.60. The van der Waals surface area contributed by atoms with Crippen LogP contribution in [0.4, 0.5) is 0 Å². The van der Waals surface area contributed by atoms with Crippen LogP contribution in [0.3, 0.4) is 0 Å². The lowest BCUT2D eigenvalue weighted by Gasteiger charge is -2.40. The lowest BCUT2D eigenvalue weighted by molar-refractivity contribution is 0.164. The molecule has 142 valence electrons. The van der Waals surface area contributed by atoms with E-state index in [0.717, 1.165) is 37.9 Å². The van der Waals surface area contributed by atoms with Gasteiger partial charge in [-0.1, -0.05) is 17.9 Å². The number of hydrogen-bond acceptors (Lipinski definition) is 3. The van der Waals surface area contributed by atoms with Crippen molar-refractivity contribution >= 4 is 11.0 Å². The first-order chi connectivity index (χ1) is 12.4. The van der Waals surface area contributed by atoms with E-state index in [1.807, 2.05) is 20.8 Å². The second kappa shape index (κ2) is 7.82. The van der Waals surface area contributed by atoms with Crippen LogP contribution in [0.1, 0.15) is 56.3 Å². The van der Waals surface area contributed by atoms with Crippen molar-refractivity contribution in [2.24, 2.45) is 5.41 Å². The van der Waals surface area contributed by atoms with Gasteiger partial charge in [0.2, 0.25) is 0 Å². The molecule has 0 amide bonds. The summed E-state index contributed by atoms with van der Waals surface area (Å²) in [5.74, 6) is 6.21. The summed E-state index contributed by atoms with van der Waals surface area (Å²) in [6.45, 7) is 8.54. The van der Waals surface area contributed by atoms with Crippen molar-refractivity contribution in [2.75, 3.05) is 26.8 Å². The Labute approximate surface area is 160 Å². The number of ether oxygens (including phenoxy) is 1. The Morgan fingerprint density at radius 2 is 2.08 bits per heavy atom. The van der Waals surface area contributed by atoms with Crippen LogP contribution in [0.25, 0.3) is 0 Å². The average Bonchev–Trinajstić information content (AvgIpc) is 2.88. The standard InChI is InChI=1S/C21H30N2O2S/c1-20(2,3)26(24)23-19-18-14-16(6-5-13-25-4)7-8-17(18)15-21(19)9-11-22-12-10-21/h7-8,14,19,22-23H,9-13,15H2,1-4H3/t19-,26-/m1/s1. The molecule has 26 heavy (non-hydrogen) atoms. The minimum absolute atomic E-state index is 0.115. The summed E-state index contributed by atoms with van der Waals surface area (Å²) < 4.78 is 21.1. The number of hydrogen-bond donors (Lipinski definition) is 2. The Kier molecular flexibility index (Phi) is 5.88. The van der Waals surface area contributed by atoms with E-state index in [0.29, 0.717) is 6.61 Å². The van der Waals surface area contributed by atoms with Crippen LogP contribution < -0.4 is 10.0 Å². The smallest absolute Gasteiger partial charge is 0.107 e. The molecule has 2 N–H and O–H groups in total. The molecule has 1 heterocycles. The summed E-state index contributed by atoms with van der Waals surface area (Å²) in [7, 11) is 0.551. The van der Waals surface area contributed by atoms with Gasteiger partial charge in [-0.05, 0) is 81.8 Å². The summed E-state index contributed by atoms with van der Waals surface area (Å²) in [5, 5.41) is 3.47. The summed E-state index contributed by atoms with van der Waals surface area (Å²) in [6.07, 6.45) is 3.26. The second-order valence-electron chi connectivity index (χ2n) is 8.37.